The second kappa shape index (κ2) is 6.33. The Kier molecular flexibility index (Phi) is 4.90. The molecule has 1 heterocycles. The number of hydrogen-bond acceptors (Lipinski definition) is 5. The lowest BCUT2D eigenvalue weighted by Gasteiger charge is -2.26. The molecule has 1 saturated heterocycles. The highest BCUT2D eigenvalue weighted by atomic mass is 79.9. The molecule has 0 aromatic heterocycles. The Labute approximate surface area is 131 Å². The zero-order valence-electron chi connectivity index (χ0n) is 11.2. The van der Waals surface area contributed by atoms with E-state index in [9.17, 15) is 18.3 Å². The van der Waals surface area contributed by atoms with Crippen LogP contribution in [0.3, 0.4) is 0 Å². The number of halogens is 1. The molecule has 1 unspecified atom stereocenters. The molecule has 0 radical (unpaired) electrons. The summed E-state index contributed by atoms with van der Waals surface area (Å²) in [5.41, 5.74) is 0.565. The van der Waals surface area contributed by atoms with Crippen LogP contribution in [0.15, 0.2) is 22.7 Å². The van der Waals surface area contributed by atoms with E-state index in [1.54, 1.807) is 17.0 Å². The van der Waals surface area contributed by atoms with E-state index in [0.29, 0.717) is 12.0 Å². The third kappa shape index (κ3) is 4.42. The molecule has 1 aromatic carbocycles. The number of sulfone groups is 1. The van der Waals surface area contributed by atoms with Crippen molar-refractivity contribution in [3.63, 3.8) is 0 Å². The molecular formula is C13H16BrNO5S. The van der Waals surface area contributed by atoms with E-state index >= 15 is 0 Å². The fourth-order valence-corrected chi connectivity index (χ4v) is 4.62. The maximum absolute atomic E-state index is 11.6. The van der Waals surface area contributed by atoms with E-state index in [1.165, 1.54) is 6.07 Å². The van der Waals surface area contributed by atoms with Crippen LogP contribution in [-0.4, -0.2) is 53.6 Å². The normalized spacial score (nSPS) is 20.8. The smallest absolute Gasteiger partial charge is 0.317 e. The number of hydrogen-bond donors (Lipinski definition) is 2. The summed E-state index contributed by atoms with van der Waals surface area (Å²) in [4.78, 5) is 12.6. The standard InChI is InChI=1S/C13H16BrNO5S/c14-10-1-2-12(16)9(5-10)6-15(7-13(17)18)11-3-4-21(19,20)8-11/h1-2,5,11,16H,3-4,6-8H2,(H,17,18). The van der Waals surface area contributed by atoms with Gasteiger partial charge in [0.05, 0.1) is 18.1 Å². The van der Waals surface area contributed by atoms with Crippen LogP contribution in [-0.2, 0) is 21.2 Å². The first-order chi connectivity index (χ1) is 9.77. The molecule has 2 N–H and O–H groups in total. The summed E-state index contributed by atoms with van der Waals surface area (Å²) in [5.74, 6) is -0.906. The predicted octanol–water partition coefficient (Wildman–Crippen LogP) is 1.23. The molecule has 0 aliphatic carbocycles. The van der Waals surface area contributed by atoms with Gasteiger partial charge in [-0.3, -0.25) is 9.69 Å². The van der Waals surface area contributed by atoms with Crippen molar-refractivity contribution in [1.29, 1.82) is 0 Å². The van der Waals surface area contributed by atoms with Gasteiger partial charge in [-0.1, -0.05) is 15.9 Å². The lowest BCUT2D eigenvalue weighted by atomic mass is 10.1. The number of phenolic OH excluding ortho intramolecular Hbond substituents is 1. The first kappa shape index (κ1) is 16.3. The van der Waals surface area contributed by atoms with Gasteiger partial charge in [-0.25, -0.2) is 8.42 Å². The van der Waals surface area contributed by atoms with Gasteiger partial charge in [0.25, 0.3) is 0 Å². The number of carboxylic acids is 1. The van der Waals surface area contributed by atoms with Gasteiger partial charge in [0, 0.05) is 22.6 Å². The Balaban J connectivity index is 2.20. The van der Waals surface area contributed by atoms with Gasteiger partial charge in [-0.2, -0.15) is 0 Å². The van der Waals surface area contributed by atoms with Crippen molar-refractivity contribution >= 4 is 31.7 Å². The van der Waals surface area contributed by atoms with Gasteiger partial charge < -0.3 is 10.2 Å². The van der Waals surface area contributed by atoms with Crippen molar-refractivity contribution in [2.24, 2.45) is 0 Å². The number of rotatable bonds is 5. The molecule has 0 saturated carbocycles. The highest BCUT2D eigenvalue weighted by Crippen LogP contribution is 2.26. The number of phenols is 1. The van der Waals surface area contributed by atoms with Gasteiger partial charge >= 0.3 is 5.97 Å². The Hall–Kier alpha value is -1.12. The first-order valence-corrected chi connectivity index (χ1v) is 9.02. The Morgan fingerprint density at radius 1 is 1.43 bits per heavy atom. The first-order valence-electron chi connectivity index (χ1n) is 6.40. The molecule has 1 aromatic rings. The highest BCUT2D eigenvalue weighted by molar-refractivity contribution is 9.10. The van der Waals surface area contributed by atoms with Crippen LogP contribution >= 0.6 is 15.9 Å². The third-order valence-electron chi connectivity index (χ3n) is 3.48. The topological polar surface area (TPSA) is 94.9 Å². The fourth-order valence-electron chi connectivity index (χ4n) is 2.45. The number of nitrogens with zero attached hydrogens (tertiary/aromatic N) is 1. The average Bonchev–Trinajstić information content (AvgIpc) is 2.73. The predicted molar refractivity (Wildman–Crippen MR) is 80.9 cm³/mol. The fraction of sp³-hybridized carbons (Fsp3) is 0.462. The summed E-state index contributed by atoms with van der Waals surface area (Å²) < 4.78 is 23.9. The SMILES string of the molecule is O=C(O)CN(Cc1cc(Br)ccc1O)C1CCS(=O)(=O)C1. The molecule has 1 fully saturated rings. The summed E-state index contributed by atoms with van der Waals surface area (Å²) in [6.45, 7) is -0.0656. The number of aromatic hydroxyl groups is 1. The molecule has 2 rings (SSSR count). The third-order valence-corrected chi connectivity index (χ3v) is 5.72. The lowest BCUT2D eigenvalue weighted by Crippen LogP contribution is -2.39. The lowest BCUT2D eigenvalue weighted by molar-refractivity contribution is -0.139. The summed E-state index contributed by atoms with van der Waals surface area (Å²) in [6.07, 6.45) is 0.421. The number of carboxylic acid groups (broad SMARTS) is 1. The minimum atomic E-state index is -3.09. The van der Waals surface area contributed by atoms with Crippen molar-refractivity contribution in [2.75, 3.05) is 18.1 Å². The number of aliphatic carboxylic acids is 1. The maximum atomic E-state index is 11.6. The quantitative estimate of drug-likeness (QED) is 0.800. The van der Waals surface area contributed by atoms with Crippen molar-refractivity contribution < 1.29 is 23.4 Å². The molecule has 0 spiro atoms. The summed E-state index contributed by atoms with van der Waals surface area (Å²) >= 11 is 3.30. The molecule has 1 atom stereocenters. The average molecular weight is 378 g/mol. The second-order valence-corrected chi connectivity index (χ2v) is 8.27. The van der Waals surface area contributed by atoms with Gasteiger partial charge in [0.15, 0.2) is 9.84 Å². The molecule has 1 aliphatic rings. The molecule has 0 amide bonds. The van der Waals surface area contributed by atoms with E-state index in [2.05, 4.69) is 15.9 Å². The summed E-state index contributed by atoms with van der Waals surface area (Å²) in [5, 5.41) is 18.9. The van der Waals surface area contributed by atoms with E-state index in [1.807, 2.05) is 0 Å². The number of carbonyl (C=O) groups is 1. The van der Waals surface area contributed by atoms with Crippen LogP contribution in [0, 0.1) is 0 Å². The van der Waals surface area contributed by atoms with E-state index in [-0.39, 0.29) is 36.4 Å². The highest BCUT2D eigenvalue weighted by Gasteiger charge is 2.33. The van der Waals surface area contributed by atoms with E-state index < -0.39 is 15.8 Å². The molecule has 21 heavy (non-hydrogen) atoms. The number of benzene rings is 1. The monoisotopic (exact) mass is 377 g/mol. The Morgan fingerprint density at radius 3 is 2.71 bits per heavy atom. The van der Waals surface area contributed by atoms with Gasteiger partial charge in [-0.05, 0) is 24.6 Å². The minimum absolute atomic E-state index is 0.0327. The van der Waals surface area contributed by atoms with E-state index in [0.717, 1.165) is 4.47 Å². The van der Waals surface area contributed by atoms with Gasteiger partial charge in [-0.15, -0.1) is 0 Å². The molecule has 6 nitrogen and oxygen atoms in total. The van der Waals surface area contributed by atoms with Crippen LogP contribution in [0.5, 0.6) is 5.75 Å². The van der Waals surface area contributed by atoms with Gasteiger partial charge in [0.2, 0.25) is 0 Å². The Bertz CT molecular complexity index is 646. The molecule has 0 bridgehead atoms. The zero-order valence-corrected chi connectivity index (χ0v) is 13.6. The van der Waals surface area contributed by atoms with Crippen molar-refractivity contribution in [1.82, 2.24) is 4.90 Å². The van der Waals surface area contributed by atoms with Crippen LogP contribution < -0.4 is 0 Å². The van der Waals surface area contributed by atoms with E-state index in [4.69, 9.17) is 5.11 Å². The Morgan fingerprint density at radius 2 is 2.14 bits per heavy atom. The summed E-state index contributed by atoms with van der Waals surface area (Å²) in [7, 11) is -3.09. The molecule has 116 valence electrons. The zero-order chi connectivity index (χ0) is 15.6. The van der Waals surface area contributed by atoms with Crippen molar-refractivity contribution in [3.8, 4) is 5.75 Å². The summed E-state index contributed by atoms with van der Waals surface area (Å²) in [6, 6.07) is 4.57. The molecular weight excluding hydrogens is 362 g/mol. The maximum Gasteiger partial charge on any atom is 0.317 e. The minimum Gasteiger partial charge on any atom is -0.508 e. The largest absolute Gasteiger partial charge is 0.508 e. The second-order valence-electron chi connectivity index (χ2n) is 5.13. The van der Waals surface area contributed by atoms with Crippen LogP contribution in [0.1, 0.15) is 12.0 Å². The van der Waals surface area contributed by atoms with Crippen LogP contribution in [0.4, 0.5) is 0 Å². The van der Waals surface area contributed by atoms with Crippen molar-refractivity contribution in [2.45, 2.75) is 19.0 Å². The molecule has 8 heteroatoms. The van der Waals surface area contributed by atoms with Crippen LogP contribution in [0.2, 0.25) is 0 Å². The van der Waals surface area contributed by atoms with Crippen molar-refractivity contribution in [3.05, 3.63) is 28.2 Å². The molecule has 1 aliphatic heterocycles. The van der Waals surface area contributed by atoms with Gasteiger partial charge in [0.1, 0.15) is 5.75 Å². The van der Waals surface area contributed by atoms with Crippen LogP contribution in [0.25, 0.3) is 0 Å².